The molecule has 0 fully saturated rings. The van der Waals surface area contributed by atoms with Gasteiger partial charge in [-0.2, -0.15) is 0 Å². The molecule has 2 heteroatoms. The van der Waals surface area contributed by atoms with E-state index in [0.29, 0.717) is 12.4 Å². The zero-order chi connectivity index (χ0) is 9.72. The van der Waals surface area contributed by atoms with E-state index in [2.05, 4.69) is 13.2 Å². The maximum absolute atomic E-state index is 5.71. The van der Waals surface area contributed by atoms with Crippen LogP contribution in [0.2, 0.25) is 0 Å². The van der Waals surface area contributed by atoms with Crippen molar-refractivity contribution in [3.63, 3.8) is 0 Å². The van der Waals surface area contributed by atoms with Gasteiger partial charge in [0.15, 0.2) is 0 Å². The fraction of sp³-hybridized carbons (Fsp3) is 0.600. The topological polar surface area (TPSA) is 35.2 Å². The van der Waals surface area contributed by atoms with Crippen LogP contribution in [0, 0.1) is 5.92 Å². The van der Waals surface area contributed by atoms with E-state index in [0.717, 1.165) is 5.57 Å². The number of allylic oxidation sites excluding steroid dienone is 1. The zero-order valence-corrected chi connectivity index (χ0v) is 8.26. The van der Waals surface area contributed by atoms with Crippen LogP contribution in [0.15, 0.2) is 24.5 Å². The van der Waals surface area contributed by atoms with Gasteiger partial charge in [0.1, 0.15) is 5.76 Å². The molecule has 0 bridgehead atoms. The summed E-state index contributed by atoms with van der Waals surface area (Å²) in [5, 5.41) is 0. The van der Waals surface area contributed by atoms with Crippen LogP contribution in [0.4, 0.5) is 0 Å². The molecule has 0 radical (unpaired) electrons. The Labute approximate surface area is 75.1 Å². The normalized spacial score (nSPS) is 15.0. The van der Waals surface area contributed by atoms with Crippen LogP contribution < -0.4 is 5.73 Å². The number of hydrogen-bond acceptors (Lipinski definition) is 2. The molecule has 0 saturated heterocycles. The standard InChI is InChI=1S/C10H19NO/c1-6-12-10(5)8(3)7(2)9(4)11/h7,9H,3,5-6,11H2,1-2,4H3. The van der Waals surface area contributed by atoms with Gasteiger partial charge < -0.3 is 10.5 Å². The third kappa shape index (κ3) is 3.09. The predicted octanol–water partition coefficient (Wildman–Crippen LogP) is 2.08. The summed E-state index contributed by atoms with van der Waals surface area (Å²) in [6, 6.07) is 0.0923. The number of nitrogens with two attached hydrogens (primary N) is 1. The van der Waals surface area contributed by atoms with Crippen LogP contribution in [0.3, 0.4) is 0 Å². The average molecular weight is 169 g/mol. The molecule has 0 aliphatic rings. The average Bonchev–Trinajstić information content (AvgIpc) is 2.02. The van der Waals surface area contributed by atoms with Crippen LogP contribution in [-0.2, 0) is 4.74 Å². The van der Waals surface area contributed by atoms with Gasteiger partial charge in [0.25, 0.3) is 0 Å². The lowest BCUT2D eigenvalue weighted by atomic mass is 9.95. The minimum absolute atomic E-state index is 0.0923. The molecule has 0 spiro atoms. The quantitative estimate of drug-likeness (QED) is 0.505. The first kappa shape index (κ1) is 11.2. The maximum Gasteiger partial charge on any atom is 0.115 e. The fourth-order valence-corrected chi connectivity index (χ4v) is 0.838. The molecule has 0 amide bonds. The lowest BCUT2D eigenvalue weighted by molar-refractivity contribution is 0.232. The van der Waals surface area contributed by atoms with Crippen molar-refractivity contribution in [3.05, 3.63) is 24.5 Å². The van der Waals surface area contributed by atoms with Crippen molar-refractivity contribution in [3.8, 4) is 0 Å². The summed E-state index contributed by atoms with van der Waals surface area (Å²) in [5.41, 5.74) is 6.61. The van der Waals surface area contributed by atoms with Gasteiger partial charge in [0, 0.05) is 6.04 Å². The van der Waals surface area contributed by atoms with Crippen molar-refractivity contribution in [1.82, 2.24) is 0 Å². The molecule has 0 aromatic heterocycles. The summed E-state index contributed by atoms with van der Waals surface area (Å²) in [6.45, 7) is 14.2. The predicted molar refractivity (Wildman–Crippen MR) is 52.7 cm³/mol. The Balaban J connectivity index is 4.10. The Bertz CT molecular complexity index is 173. The SMILES string of the molecule is C=C(OCC)C(=C)C(C)C(C)N. The van der Waals surface area contributed by atoms with Gasteiger partial charge >= 0.3 is 0 Å². The van der Waals surface area contributed by atoms with Crippen molar-refractivity contribution in [2.75, 3.05) is 6.61 Å². The molecular weight excluding hydrogens is 150 g/mol. The van der Waals surface area contributed by atoms with Crippen molar-refractivity contribution in [1.29, 1.82) is 0 Å². The maximum atomic E-state index is 5.71. The fourth-order valence-electron chi connectivity index (χ4n) is 0.838. The molecule has 2 atom stereocenters. The summed E-state index contributed by atoms with van der Waals surface area (Å²) >= 11 is 0. The van der Waals surface area contributed by atoms with Gasteiger partial charge in [-0.1, -0.05) is 20.1 Å². The molecule has 2 N–H and O–H groups in total. The first-order valence-electron chi connectivity index (χ1n) is 4.27. The van der Waals surface area contributed by atoms with Gasteiger partial charge in [-0.25, -0.2) is 0 Å². The molecule has 0 saturated carbocycles. The molecule has 70 valence electrons. The second-order valence-electron chi connectivity index (χ2n) is 3.03. The van der Waals surface area contributed by atoms with Crippen LogP contribution in [-0.4, -0.2) is 12.6 Å². The molecule has 0 aliphatic carbocycles. The summed E-state index contributed by atoms with van der Waals surface area (Å²) in [6.07, 6.45) is 0. The van der Waals surface area contributed by atoms with E-state index in [9.17, 15) is 0 Å². The van der Waals surface area contributed by atoms with E-state index in [1.807, 2.05) is 20.8 Å². The highest BCUT2D eigenvalue weighted by molar-refractivity contribution is 5.22. The Morgan fingerprint density at radius 3 is 2.25 bits per heavy atom. The summed E-state index contributed by atoms with van der Waals surface area (Å²) in [7, 11) is 0. The lowest BCUT2D eigenvalue weighted by Gasteiger charge is -2.19. The summed E-state index contributed by atoms with van der Waals surface area (Å²) < 4.78 is 5.23. The molecule has 0 aliphatic heterocycles. The number of ether oxygens (including phenoxy) is 1. The third-order valence-electron chi connectivity index (χ3n) is 2.02. The molecule has 12 heavy (non-hydrogen) atoms. The highest BCUT2D eigenvalue weighted by atomic mass is 16.5. The number of hydrogen-bond donors (Lipinski definition) is 1. The Morgan fingerprint density at radius 1 is 1.42 bits per heavy atom. The Hall–Kier alpha value is -0.760. The lowest BCUT2D eigenvalue weighted by Crippen LogP contribution is -2.26. The van der Waals surface area contributed by atoms with Gasteiger partial charge in [-0.05, 0) is 25.3 Å². The second kappa shape index (κ2) is 4.99. The molecule has 2 unspecified atom stereocenters. The monoisotopic (exact) mass is 169 g/mol. The van der Waals surface area contributed by atoms with Gasteiger partial charge in [0.05, 0.1) is 6.61 Å². The van der Waals surface area contributed by atoms with E-state index in [4.69, 9.17) is 10.5 Å². The highest BCUT2D eigenvalue weighted by Gasteiger charge is 2.14. The van der Waals surface area contributed by atoms with Gasteiger partial charge in [0.2, 0.25) is 0 Å². The first-order valence-corrected chi connectivity index (χ1v) is 4.27. The van der Waals surface area contributed by atoms with E-state index in [1.54, 1.807) is 0 Å². The third-order valence-corrected chi connectivity index (χ3v) is 2.02. The van der Waals surface area contributed by atoms with E-state index in [-0.39, 0.29) is 12.0 Å². The van der Waals surface area contributed by atoms with E-state index in [1.165, 1.54) is 0 Å². The van der Waals surface area contributed by atoms with Crippen molar-refractivity contribution in [2.24, 2.45) is 11.7 Å². The summed E-state index contributed by atoms with van der Waals surface area (Å²) in [5.74, 6) is 0.881. The van der Waals surface area contributed by atoms with Gasteiger partial charge in [-0.3, -0.25) is 0 Å². The first-order chi connectivity index (χ1) is 5.50. The van der Waals surface area contributed by atoms with Gasteiger partial charge in [-0.15, -0.1) is 0 Å². The molecule has 0 heterocycles. The highest BCUT2D eigenvalue weighted by Crippen LogP contribution is 2.19. The Kier molecular flexibility index (Phi) is 4.67. The molecule has 0 aromatic carbocycles. The number of rotatable bonds is 5. The summed E-state index contributed by atoms with van der Waals surface area (Å²) in [4.78, 5) is 0. The van der Waals surface area contributed by atoms with Crippen LogP contribution in [0.1, 0.15) is 20.8 Å². The molecule has 0 aromatic rings. The van der Waals surface area contributed by atoms with Crippen molar-refractivity contribution in [2.45, 2.75) is 26.8 Å². The minimum atomic E-state index is 0.0923. The van der Waals surface area contributed by atoms with E-state index >= 15 is 0 Å². The zero-order valence-electron chi connectivity index (χ0n) is 8.26. The molecular formula is C10H19NO. The molecule has 2 nitrogen and oxygen atoms in total. The minimum Gasteiger partial charge on any atom is -0.494 e. The van der Waals surface area contributed by atoms with Crippen LogP contribution in [0.5, 0.6) is 0 Å². The van der Waals surface area contributed by atoms with Crippen LogP contribution >= 0.6 is 0 Å². The largest absolute Gasteiger partial charge is 0.494 e. The Morgan fingerprint density at radius 2 is 1.92 bits per heavy atom. The van der Waals surface area contributed by atoms with Crippen LogP contribution in [0.25, 0.3) is 0 Å². The van der Waals surface area contributed by atoms with E-state index < -0.39 is 0 Å². The second-order valence-corrected chi connectivity index (χ2v) is 3.03. The smallest absolute Gasteiger partial charge is 0.115 e. The molecule has 0 rings (SSSR count). The van der Waals surface area contributed by atoms with Crippen molar-refractivity contribution < 1.29 is 4.74 Å². The van der Waals surface area contributed by atoms with Crippen molar-refractivity contribution >= 4 is 0 Å².